The Hall–Kier alpha value is -4.60. The van der Waals surface area contributed by atoms with Gasteiger partial charge in [0, 0.05) is 70.4 Å². The number of carbonyl (C=O) groups is 4. The molecule has 17 nitrogen and oxygen atoms in total. The van der Waals surface area contributed by atoms with Crippen molar-refractivity contribution in [3.8, 4) is 11.4 Å². The first-order chi connectivity index (χ1) is 24.1. The smallest absolute Gasteiger partial charge is 0.481 e. The summed E-state index contributed by atoms with van der Waals surface area (Å²) in [5, 5.41) is 15.3. The molecule has 0 aliphatic carbocycles. The predicted molar refractivity (Wildman–Crippen MR) is 174 cm³/mol. The molecular formula is C30H40F3N7O10S. The highest BCUT2D eigenvalue weighted by Crippen LogP contribution is 2.21. The van der Waals surface area contributed by atoms with E-state index in [4.69, 9.17) is 22.4 Å². The number of ether oxygens (including phenoxy) is 2. The van der Waals surface area contributed by atoms with Crippen LogP contribution >= 0.6 is 0 Å². The van der Waals surface area contributed by atoms with Gasteiger partial charge in [-0.15, -0.1) is 0 Å². The molecule has 4 N–H and O–H groups in total. The van der Waals surface area contributed by atoms with E-state index in [-0.39, 0.29) is 51.3 Å². The van der Waals surface area contributed by atoms with Crippen molar-refractivity contribution < 1.29 is 59.9 Å². The Labute approximate surface area is 291 Å². The summed E-state index contributed by atoms with van der Waals surface area (Å²) in [6.07, 6.45) is -0.857. The highest BCUT2D eigenvalue weighted by atomic mass is 32.2. The van der Waals surface area contributed by atoms with Gasteiger partial charge >= 0.3 is 27.7 Å². The molecule has 2 aliphatic rings. The first-order valence-electron chi connectivity index (χ1n) is 15.8. The van der Waals surface area contributed by atoms with E-state index < -0.39 is 45.5 Å². The molecule has 4 rings (SSSR count). The van der Waals surface area contributed by atoms with Crippen molar-refractivity contribution in [3.63, 3.8) is 0 Å². The maximum atomic E-state index is 13.5. The van der Waals surface area contributed by atoms with E-state index >= 15 is 0 Å². The third kappa shape index (κ3) is 13.2. The van der Waals surface area contributed by atoms with Crippen LogP contribution in [0.15, 0.2) is 36.4 Å². The number of benzene rings is 1. The summed E-state index contributed by atoms with van der Waals surface area (Å²) >= 11 is 0. The van der Waals surface area contributed by atoms with Crippen molar-refractivity contribution in [1.82, 2.24) is 30.0 Å². The third-order valence-corrected chi connectivity index (χ3v) is 8.07. The maximum absolute atomic E-state index is 13.5. The number of carboxylic acids is 1. The lowest BCUT2D eigenvalue weighted by Gasteiger charge is -2.35. The third-order valence-electron chi connectivity index (χ3n) is 7.49. The first kappa shape index (κ1) is 40.8. The van der Waals surface area contributed by atoms with Crippen LogP contribution in [-0.2, 0) is 29.2 Å². The van der Waals surface area contributed by atoms with Crippen LogP contribution in [0.2, 0.25) is 0 Å². The molecule has 2 aromatic rings. The molecule has 51 heavy (non-hydrogen) atoms. The number of rotatable bonds is 12. The molecule has 21 heteroatoms. The van der Waals surface area contributed by atoms with E-state index in [0.717, 1.165) is 19.6 Å². The van der Waals surface area contributed by atoms with Gasteiger partial charge < -0.3 is 35.0 Å². The average molecular weight is 748 g/mol. The monoisotopic (exact) mass is 747 g/mol. The van der Waals surface area contributed by atoms with Gasteiger partial charge in [0.2, 0.25) is 5.91 Å². The molecule has 1 aromatic heterocycles. The number of carbonyl (C=O) groups excluding carboxylic acids is 3. The summed E-state index contributed by atoms with van der Waals surface area (Å²) in [4.78, 5) is 64.8. The standard InChI is InChI=1S/C29H39N7O7.CHF3O3S/c1-2-43-29(41)36-14-12-35(13-15-36)28(40)22(8-9-25(37)38)32-27(39)23-20-24(30-10-11-34-16-18-42-19-17-34)33-26(31-23)21-6-4-3-5-7-21;2-1(3,4)8(5,6)7/h3-7,20,22H,2,8-19H2,1H3,(H,32,39)(H,37,38)(H,30,31,33);(H,5,6,7)/t22-;/m0./s1. The Bertz CT molecular complexity index is 1590. The van der Waals surface area contributed by atoms with Gasteiger partial charge in [0.05, 0.1) is 19.8 Å². The normalized spacial score (nSPS) is 15.9. The number of morpholine rings is 1. The molecule has 282 valence electrons. The van der Waals surface area contributed by atoms with Crippen LogP contribution in [0.5, 0.6) is 0 Å². The predicted octanol–water partition coefficient (Wildman–Crippen LogP) is 1.55. The summed E-state index contributed by atoms with van der Waals surface area (Å²) in [6.45, 7) is 7.42. The molecular weight excluding hydrogens is 707 g/mol. The van der Waals surface area contributed by atoms with Crippen molar-refractivity contribution in [2.75, 3.05) is 77.5 Å². The summed E-state index contributed by atoms with van der Waals surface area (Å²) in [7, 11) is -5.84. The van der Waals surface area contributed by atoms with E-state index in [1.165, 1.54) is 15.9 Å². The number of hydrogen-bond donors (Lipinski definition) is 4. The van der Waals surface area contributed by atoms with Gasteiger partial charge in [-0.2, -0.15) is 21.6 Å². The number of nitrogens with one attached hydrogen (secondary N) is 2. The summed E-state index contributed by atoms with van der Waals surface area (Å²) in [5.74, 6) is -1.33. The fraction of sp³-hybridized carbons (Fsp3) is 0.533. The van der Waals surface area contributed by atoms with E-state index in [1.807, 2.05) is 30.3 Å². The Balaban J connectivity index is 0.000000783. The molecule has 0 saturated carbocycles. The summed E-state index contributed by atoms with van der Waals surface area (Å²) < 4.78 is 68.0. The number of halogens is 3. The lowest BCUT2D eigenvalue weighted by molar-refractivity contribution is -0.138. The van der Waals surface area contributed by atoms with E-state index in [1.54, 1.807) is 6.92 Å². The molecule has 0 unspecified atom stereocenters. The maximum Gasteiger partial charge on any atom is 0.522 e. The number of alkyl halides is 3. The number of anilines is 1. The van der Waals surface area contributed by atoms with Gasteiger partial charge in [0.25, 0.3) is 5.91 Å². The van der Waals surface area contributed by atoms with Crippen LogP contribution in [-0.4, -0.2) is 150 Å². The van der Waals surface area contributed by atoms with E-state index in [9.17, 15) is 37.5 Å². The Morgan fingerprint density at radius 1 is 1.00 bits per heavy atom. The zero-order valence-corrected chi connectivity index (χ0v) is 28.5. The number of nitrogens with zero attached hydrogens (tertiary/aromatic N) is 5. The van der Waals surface area contributed by atoms with E-state index in [2.05, 4.69) is 25.5 Å². The second-order valence-electron chi connectivity index (χ2n) is 11.1. The van der Waals surface area contributed by atoms with Crippen LogP contribution in [0, 0.1) is 0 Å². The molecule has 3 amide bonds. The molecule has 2 saturated heterocycles. The van der Waals surface area contributed by atoms with Gasteiger partial charge in [-0.25, -0.2) is 14.8 Å². The molecule has 2 aliphatic heterocycles. The van der Waals surface area contributed by atoms with E-state index in [0.29, 0.717) is 37.0 Å². The van der Waals surface area contributed by atoms with Crippen molar-refractivity contribution in [2.45, 2.75) is 31.3 Å². The first-order valence-corrected chi connectivity index (χ1v) is 17.3. The van der Waals surface area contributed by atoms with Gasteiger partial charge in [0.1, 0.15) is 17.6 Å². The Morgan fingerprint density at radius 2 is 1.61 bits per heavy atom. The highest BCUT2D eigenvalue weighted by molar-refractivity contribution is 7.86. The van der Waals surface area contributed by atoms with Crippen molar-refractivity contribution >= 4 is 39.8 Å². The number of carboxylic acid groups (broad SMARTS) is 1. The number of aromatic nitrogens is 2. The molecule has 0 spiro atoms. The van der Waals surface area contributed by atoms with Crippen LogP contribution in [0.3, 0.4) is 0 Å². The summed E-state index contributed by atoms with van der Waals surface area (Å²) in [6, 6.07) is 9.67. The van der Waals surface area contributed by atoms with Crippen molar-refractivity contribution in [3.05, 3.63) is 42.1 Å². The molecule has 0 bridgehead atoms. The minimum Gasteiger partial charge on any atom is -0.481 e. The van der Waals surface area contributed by atoms with Gasteiger partial charge in [-0.1, -0.05) is 30.3 Å². The number of aliphatic carboxylic acids is 1. The fourth-order valence-electron chi connectivity index (χ4n) is 4.84. The molecule has 0 radical (unpaired) electrons. The van der Waals surface area contributed by atoms with Gasteiger partial charge in [0.15, 0.2) is 5.82 Å². The minimum atomic E-state index is -5.84. The number of amides is 3. The summed E-state index contributed by atoms with van der Waals surface area (Å²) in [5.41, 5.74) is -4.78. The Morgan fingerprint density at radius 3 is 2.18 bits per heavy atom. The molecule has 1 atom stereocenters. The van der Waals surface area contributed by atoms with Gasteiger partial charge in [-0.3, -0.25) is 23.8 Å². The minimum absolute atomic E-state index is 0.0444. The second kappa shape index (κ2) is 19.1. The molecule has 3 heterocycles. The largest absolute Gasteiger partial charge is 0.522 e. The lowest BCUT2D eigenvalue weighted by Crippen LogP contribution is -2.56. The molecule has 1 aromatic carbocycles. The van der Waals surface area contributed by atoms with Crippen LogP contribution in [0.25, 0.3) is 11.4 Å². The quantitative estimate of drug-likeness (QED) is 0.179. The number of piperazine rings is 1. The second-order valence-corrected chi connectivity index (χ2v) is 12.5. The Kier molecular flexibility index (Phi) is 15.3. The van der Waals surface area contributed by atoms with Crippen molar-refractivity contribution in [1.29, 1.82) is 0 Å². The lowest BCUT2D eigenvalue weighted by atomic mass is 10.1. The average Bonchev–Trinajstić information content (AvgIpc) is 3.10. The number of hydrogen-bond acceptors (Lipinski definition) is 12. The van der Waals surface area contributed by atoms with Crippen LogP contribution in [0.1, 0.15) is 30.3 Å². The van der Waals surface area contributed by atoms with Crippen molar-refractivity contribution in [2.24, 2.45) is 0 Å². The zero-order chi connectivity index (χ0) is 37.6. The topological polar surface area (TPSA) is 221 Å². The SMILES string of the molecule is CCOC(=O)N1CCN(C(=O)[C@H](CCC(=O)O)NC(=O)c2cc(NCCN3CCOCC3)nc(-c3ccccc3)n2)CC1.O=S(=O)(O)C(F)(F)F. The fourth-order valence-corrected chi connectivity index (χ4v) is 4.84. The van der Waals surface area contributed by atoms with Crippen LogP contribution in [0.4, 0.5) is 23.8 Å². The zero-order valence-electron chi connectivity index (χ0n) is 27.7. The van der Waals surface area contributed by atoms with Crippen LogP contribution < -0.4 is 10.6 Å². The van der Waals surface area contributed by atoms with Gasteiger partial charge in [-0.05, 0) is 13.3 Å². The highest BCUT2D eigenvalue weighted by Gasteiger charge is 2.44. The molecule has 2 fully saturated rings.